The van der Waals surface area contributed by atoms with Gasteiger partial charge in [0.2, 0.25) is 5.91 Å². The minimum absolute atomic E-state index is 0.236. The van der Waals surface area contributed by atoms with Crippen LogP contribution in [0.4, 0.5) is 5.69 Å². The summed E-state index contributed by atoms with van der Waals surface area (Å²) < 4.78 is 0. The third-order valence-electron chi connectivity index (χ3n) is 5.82. The molecule has 4 rings (SSSR count). The maximum Gasteiger partial charge on any atom is 0.223 e. The van der Waals surface area contributed by atoms with Crippen LogP contribution < -0.4 is 10.2 Å². The molecule has 0 aromatic heterocycles. The maximum atomic E-state index is 12.5. The van der Waals surface area contributed by atoms with Crippen LogP contribution in [0, 0.1) is 24.7 Å². The second-order valence-corrected chi connectivity index (χ2v) is 7.50. The normalized spacial score (nSPS) is 30.0. The summed E-state index contributed by atoms with van der Waals surface area (Å²) in [7, 11) is 0. The molecule has 3 aliphatic rings. The Morgan fingerprint density at radius 3 is 2.65 bits per heavy atom. The molecule has 2 fully saturated rings. The van der Waals surface area contributed by atoms with Crippen molar-refractivity contribution in [2.45, 2.75) is 38.6 Å². The van der Waals surface area contributed by atoms with Crippen molar-refractivity contribution in [2.75, 3.05) is 18.0 Å². The number of carbonyl (C=O) groups is 1. The molecule has 2 aliphatic carbocycles. The number of rotatable bonds is 3. The van der Waals surface area contributed by atoms with Gasteiger partial charge in [-0.2, -0.15) is 0 Å². The summed E-state index contributed by atoms with van der Waals surface area (Å²) in [6, 6.07) is 9.06. The van der Waals surface area contributed by atoms with Gasteiger partial charge in [0.25, 0.3) is 0 Å². The van der Waals surface area contributed by atoms with Crippen LogP contribution >= 0.6 is 0 Å². The van der Waals surface area contributed by atoms with E-state index in [4.69, 9.17) is 0 Å². The molecule has 1 aliphatic heterocycles. The van der Waals surface area contributed by atoms with Crippen molar-refractivity contribution >= 4 is 11.6 Å². The Balaban J connectivity index is 1.30. The average molecular weight is 310 g/mol. The molecular weight excluding hydrogens is 284 g/mol. The fourth-order valence-electron chi connectivity index (χ4n) is 4.50. The van der Waals surface area contributed by atoms with Crippen LogP contribution in [0.1, 0.15) is 31.2 Å². The molecule has 1 saturated carbocycles. The zero-order chi connectivity index (χ0) is 15.8. The smallest absolute Gasteiger partial charge is 0.223 e. The van der Waals surface area contributed by atoms with Gasteiger partial charge in [0.15, 0.2) is 0 Å². The molecule has 3 nitrogen and oxygen atoms in total. The second-order valence-electron chi connectivity index (χ2n) is 7.50. The first-order valence-corrected chi connectivity index (χ1v) is 8.99. The Labute approximate surface area is 138 Å². The lowest BCUT2D eigenvalue weighted by atomic mass is 9.92. The molecule has 122 valence electrons. The van der Waals surface area contributed by atoms with E-state index in [0.29, 0.717) is 23.8 Å². The van der Waals surface area contributed by atoms with E-state index in [9.17, 15) is 4.79 Å². The first-order valence-electron chi connectivity index (χ1n) is 8.99. The number of nitrogens with one attached hydrogen (secondary N) is 1. The van der Waals surface area contributed by atoms with Gasteiger partial charge in [0.1, 0.15) is 0 Å². The summed E-state index contributed by atoms with van der Waals surface area (Å²) in [6.07, 6.45) is 8.93. The molecule has 0 radical (unpaired) electrons. The Hall–Kier alpha value is -1.77. The third kappa shape index (κ3) is 3.01. The minimum Gasteiger partial charge on any atom is -0.371 e. The number of carbonyl (C=O) groups excluding carboxylic acids is 1. The first kappa shape index (κ1) is 14.8. The van der Waals surface area contributed by atoms with Crippen LogP contribution in [-0.2, 0) is 4.79 Å². The standard InChI is InChI=1S/C20H26N2O/c1-14-3-2-4-18(11-14)22-9-7-17(8-10-22)21-20(23)19-13-15-5-6-16(19)12-15/h2-6,11,15-17,19H,7-10,12-13H2,1H3,(H,21,23)/t15-,16+,19+/m1/s1. The number of benzene rings is 1. The van der Waals surface area contributed by atoms with Crippen LogP contribution in [0.2, 0.25) is 0 Å². The lowest BCUT2D eigenvalue weighted by Gasteiger charge is -2.35. The summed E-state index contributed by atoms with van der Waals surface area (Å²) in [5.41, 5.74) is 2.62. The van der Waals surface area contributed by atoms with Crippen molar-refractivity contribution in [2.24, 2.45) is 17.8 Å². The van der Waals surface area contributed by atoms with Gasteiger partial charge in [-0.15, -0.1) is 0 Å². The third-order valence-corrected chi connectivity index (χ3v) is 5.82. The van der Waals surface area contributed by atoms with Crippen molar-refractivity contribution in [1.82, 2.24) is 5.32 Å². The highest BCUT2D eigenvalue weighted by Crippen LogP contribution is 2.43. The summed E-state index contributed by atoms with van der Waals surface area (Å²) in [5, 5.41) is 3.33. The maximum absolute atomic E-state index is 12.5. The van der Waals surface area contributed by atoms with Crippen LogP contribution in [0.15, 0.2) is 36.4 Å². The van der Waals surface area contributed by atoms with Gasteiger partial charge in [0, 0.05) is 30.7 Å². The monoisotopic (exact) mass is 310 g/mol. The fourth-order valence-corrected chi connectivity index (χ4v) is 4.50. The molecule has 23 heavy (non-hydrogen) atoms. The van der Waals surface area contributed by atoms with E-state index in [2.05, 4.69) is 53.6 Å². The molecule has 0 unspecified atom stereocenters. The van der Waals surface area contributed by atoms with Crippen LogP contribution in [0.3, 0.4) is 0 Å². The molecule has 1 aromatic carbocycles. The van der Waals surface area contributed by atoms with E-state index < -0.39 is 0 Å². The molecule has 3 atom stereocenters. The summed E-state index contributed by atoms with van der Waals surface area (Å²) >= 11 is 0. The minimum atomic E-state index is 0.236. The number of anilines is 1. The predicted molar refractivity (Wildman–Crippen MR) is 93.4 cm³/mol. The van der Waals surface area contributed by atoms with Crippen molar-refractivity contribution in [1.29, 1.82) is 0 Å². The Morgan fingerprint density at radius 1 is 1.17 bits per heavy atom. The highest BCUT2D eigenvalue weighted by atomic mass is 16.2. The van der Waals surface area contributed by atoms with Crippen molar-refractivity contribution in [3.63, 3.8) is 0 Å². The lowest BCUT2D eigenvalue weighted by Crippen LogP contribution is -2.47. The fraction of sp³-hybridized carbons (Fsp3) is 0.550. The van der Waals surface area contributed by atoms with Crippen molar-refractivity contribution in [3.8, 4) is 0 Å². The van der Waals surface area contributed by atoms with Crippen LogP contribution in [-0.4, -0.2) is 25.0 Å². The number of nitrogens with zero attached hydrogens (tertiary/aromatic N) is 1. The largest absolute Gasteiger partial charge is 0.371 e. The van der Waals surface area contributed by atoms with Gasteiger partial charge in [0.05, 0.1) is 0 Å². The van der Waals surface area contributed by atoms with Crippen molar-refractivity contribution in [3.05, 3.63) is 42.0 Å². The van der Waals surface area contributed by atoms with Gasteiger partial charge in [-0.25, -0.2) is 0 Å². The molecular formula is C20H26N2O. The summed E-state index contributed by atoms with van der Waals surface area (Å²) in [6.45, 7) is 4.20. The van der Waals surface area contributed by atoms with E-state index in [0.717, 1.165) is 32.4 Å². The molecule has 2 bridgehead atoms. The van der Waals surface area contributed by atoms with Gasteiger partial charge in [-0.05, 0) is 62.1 Å². The average Bonchev–Trinajstić information content (AvgIpc) is 3.19. The molecule has 1 aromatic rings. The Kier molecular flexibility index (Phi) is 3.88. The zero-order valence-corrected chi connectivity index (χ0v) is 13.9. The number of fused-ring (bicyclic) bond motifs is 2. The second kappa shape index (κ2) is 6.03. The molecule has 1 saturated heterocycles. The van der Waals surface area contributed by atoms with E-state index in [1.807, 2.05) is 0 Å². The number of piperidine rings is 1. The van der Waals surface area contributed by atoms with Crippen LogP contribution in [0.5, 0.6) is 0 Å². The van der Waals surface area contributed by atoms with Gasteiger partial charge < -0.3 is 10.2 Å². The van der Waals surface area contributed by atoms with Crippen LogP contribution in [0.25, 0.3) is 0 Å². The highest BCUT2D eigenvalue weighted by Gasteiger charge is 2.40. The highest BCUT2D eigenvalue weighted by molar-refractivity contribution is 5.80. The first-order chi connectivity index (χ1) is 11.2. The molecule has 1 amide bonds. The van der Waals surface area contributed by atoms with Gasteiger partial charge >= 0.3 is 0 Å². The van der Waals surface area contributed by atoms with Crippen molar-refractivity contribution < 1.29 is 4.79 Å². The number of hydrogen-bond acceptors (Lipinski definition) is 2. The van der Waals surface area contributed by atoms with Gasteiger partial charge in [-0.3, -0.25) is 4.79 Å². The lowest BCUT2D eigenvalue weighted by molar-refractivity contribution is -0.126. The zero-order valence-electron chi connectivity index (χ0n) is 13.9. The summed E-state index contributed by atoms with van der Waals surface area (Å²) in [4.78, 5) is 15.0. The number of amides is 1. The van der Waals surface area contributed by atoms with Gasteiger partial charge in [-0.1, -0.05) is 24.3 Å². The van der Waals surface area contributed by atoms with E-state index in [1.54, 1.807) is 0 Å². The van der Waals surface area contributed by atoms with E-state index >= 15 is 0 Å². The number of aryl methyl sites for hydroxylation is 1. The topological polar surface area (TPSA) is 32.3 Å². The predicted octanol–water partition coefficient (Wildman–Crippen LogP) is 3.29. The Bertz CT molecular complexity index is 616. The van der Waals surface area contributed by atoms with E-state index in [-0.39, 0.29) is 5.92 Å². The molecule has 1 heterocycles. The molecule has 0 spiro atoms. The quantitative estimate of drug-likeness (QED) is 0.869. The molecule has 3 heteroatoms. The molecule has 1 N–H and O–H groups in total. The number of allylic oxidation sites excluding steroid dienone is 2. The summed E-state index contributed by atoms with van der Waals surface area (Å²) in [5.74, 6) is 1.71. The SMILES string of the molecule is Cc1cccc(N2CCC(NC(=O)[C@H]3C[C@@H]4C=C[C@H]3C4)CC2)c1. The number of hydrogen-bond donors (Lipinski definition) is 1. The van der Waals surface area contributed by atoms with E-state index in [1.165, 1.54) is 17.7 Å². The Morgan fingerprint density at radius 2 is 2.00 bits per heavy atom.